The summed E-state index contributed by atoms with van der Waals surface area (Å²) in [6.07, 6.45) is 4.18. The lowest BCUT2D eigenvalue weighted by Crippen LogP contribution is -1.98. The SMILES string of the molecule is c1ccc(-c2ccc(-n3c4cc5c(cc4c4ccc6c(ccn6-c6ccccc6)c43)c3ccccc3n5-c3ccccc3)nc2)cc1. The molecule has 220 valence electrons. The molecule has 0 bridgehead atoms. The summed E-state index contributed by atoms with van der Waals surface area (Å²) in [6.45, 7) is 0. The maximum absolute atomic E-state index is 5.12. The number of benzene rings is 6. The van der Waals surface area contributed by atoms with Crippen molar-refractivity contribution >= 4 is 54.5 Å². The van der Waals surface area contributed by atoms with E-state index in [4.69, 9.17) is 4.98 Å². The maximum atomic E-state index is 5.12. The van der Waals surface area contributed by atoms with Crippen LogP contribution in [-0.4, -0.2) is 18.7 Å². The van der Waals surface area contributed by atoms with Crippen LogP contribution in [-0.2, 0) is 0 Å². The molecular formula is C43H28N4. The molecule has 0 aliphatic heterocycles. The highest BCUT2D eigenvalue weighted by Crippen LogP contribution is 2.42. The molecule has 0 saturated heterocycles. The van der Waals surface area contributed by atoms with Gasteiger partial charge in [0.15, 0.2) is 0 Å². The van der Waals surface area contributed by atoms with Gasteiger partial charge in [0.1, 0.15) is 5.82 Å². The van der Waals surface area contributed by atoms with Crippen molar-refractivity contribution in [2.45, 2.75) is 0 Å². The Balaban J connectivity index is 1.33. The predicted molar refractivity (Wildman–Crippen MR) is 195 cm³/mol. The van der Waals surface area contributed by atoms with Crippen molar-refractivity contribution in [2.75, 3.05) is 0 Å². The van der Waals surface area contributed by atoms with Crippen LogP contribution in [0.25, 0.3) is 82.8 Å². The van der Waals surface area contributed by atoms with E-state index in [9.17, 15) is 0 Å². The van der Waals surface area contributed by atoms with Crippen LogP contribution < -0.4 is 0 Å². The van der Waals surface area contributed by atoms with Gasteiger partial charge in [-0.1, -0.05) is 91.0 Å². The molecule has 4 heterocycles. The van der Waals surface area contributed by atoms with E-state index in [2.05, 4.69) is 172 Å². The van der Waals surface area contributed by atoms with Crippen LogP contribution in [0.2, 0.25) is 0 Å². The fourth-order valence-corrected chi connectivity index (χ4v) is 7.41. The van der Waals surface area contributed by atoms with Crippen molar-refractivity contribution in [3.05, 3.63) is 170 Å². The average Bonchev–Trinajstić information content (AvgIpc) is 3.82. The quantitative estimate of drug-likeness (QED) is 0.197. The lowest BCUT2D eigenvalue weighted by atomic mass is 10.1. The highest BCUT2D eigenvalue weighted by Gasteiger charge is 2.21. The highest BCUT2D eigenvalue weighted by molar-refractivity contribution is 6.23. The van der Waals surface area contributed by atoms with Gasteiger partial charge in [0.25, 0.3) is 0 Å². The van der Waals surface area contributed by atoms with Gasteiger partial charge in [-0.25, -0.2) is 4.98 Å². The molecule has 0 amide bonds. The molecule has 0 spiro atoms. The molecule has 47 heavy (non-hydrogen) atoms. The number of pyridine rings is 1. The monoisotopic (exact) mass is 600 g/mol. The van der Waals surface area contributed by atoms with Gasteiger partial charge < -0.3 is 9.13 Å². The van der Waals surface area contributed by atoms with Crippen LogP contribution in [0.15, 0.2) is 170 Å². The summed E-state index contributed by atoms with van der Waals surface area (Å²) in [6, 6.07) is 56.3. The summed E-state index contributed by atoms with van der Waals surface area (Å²) >= 11 is 0. The molecule has 0 N–H and O–H groups in total. The van der Waals surface area contributed by atoms with Crippen LogP contribution in [0.5, 0.6) is 0 Å². The molecule has 0 radical (unpaired) electrons. The third kappa shape index (κ3) is 3.85. The summed E-state index contributed by atoms with van der Waals surface area (Å²) < 4.78 is 7.03. The number of hydrogen-bond donors (Lipinski definition) is 0. The number of para-hydroxylation sites is 3. The number of nitrogens with zero attached hydrogens (tertiary/aromatic N) is 4. The molecule has 0 aliphatic carbocycles. The van der Waals surface area contributed by atoms with E-state index in [1.165, 1.54) is 38.0 Å². The second kappa shape index (κ2) is 10.1. The molecule has 10 aromatic rings. The van der Waals surface area contributed by atoms with Gasteiger partial charge in [0.05, 0.1) is 27.6 Å². The minimum atomic E-state index is 0.895. The van der Waals surface area contributed by atoms with E-state index in [-0.39, 0.29) is 0 Å². The van der Waals surface area contributed by atoms with Gasteiger partial charge in [-0.3, -0.25) is 4.57 Å². The molecule has 0 aliphatic rings. The fourth-order valence-electron chi connectivity index (χ4n) is 7.41. The number of fused-ring (bicyclic) bond motifs is 8. The zero-order valence-corrected chi connectivity index (χ0v) is 25.5. The van der Waals surface area contributed by atoms with Crippen LogP contribution in [0.1, 0.15) is 0 Å². The Hall–Kier alpha value is -6.39. The van der Waals surface area contributed by atoms with Crippen molar-refractivity contribution in [3.8, 4) is 28.3 Å². The Labute approximate surface area is 271 Å². The molecular weight excluding hydrogens is 573 g/mol. The smallest absolute Gasteiger partial charge is 0.137 e. The molecule has 4 heteroatoms. The Kier molecular flexibility index (Phi) is 5.54. The minimum absolute atomic E-state index is 0.895. The van der Waals surface area contributed by atoms with Crippen molar-refractivity contribution in [3.63, 3.8) is 0 Å². The number of hydrogen-bond acceptors (Lipinski definition) is 1. The van der Waals surface area contributed by atoms with Gasteiger partial charge in [0.2, 0.25) is 0 Å². The average molecular weight is 601 g/mol. The summed E-state index contributed by atoms with van der Waals surface area (Å²) in [5.74, 6) is 0.895. The van der Waals surface area contributed by atoms with E-state index < -0.39 is 0 Å². The summed E-state index contributed by atoms with van der Waals surface area (Å²) in [5.41, 5.74) is 10.4. The first-order valence-corrected chi connectivity index (χ1v) is 16.0. The van der Waals surface area contributed by atoms with E-state index in [0.717, 1.165) is 44.9 Å². The first-order valence-electron chi connectivity index (χ1n) is 16.0. The van der Waals surface area contributed by atoms with E-state index >= 15 is 0 Å². The molecule has 6 aromatic carbocycles. The lowest BCUT2D eigenvalue weighted by Gasteiger charge is -2.11. The van der Waals surface area contributed by atoms with Gasteiger partial charge in [-0.05, 0) is 72.3 Å². The first-order chi connectivity index (χ1) is 23.3. The molecule has 0 atom stereocenters. The Bertz CT molecular complexity index is 2750. The third-order valence-corrected chi connectivity index (χ3v) is 9.52. The van der Waals surface area contributed by atoms with Crippen LogP contribution >= 0.6 is 0 Å². The topological polar surface area (TPSA) is 27.7 Å². The second-order valence-corrected chi connectivity index (χ2v) is 12.1. The van der Waals surface area contributed by atoms with Crippen molar-refractivity contribution in [2.24, 2.45) is 0 Å². The summed E-state index contributed by atoms with van der Waals surface area (Å²) in [4.78, 5) is 5.12. The first kappa shape index (κ1) is 25.9. The molecule has 0 fully saturated rings. The van der Waals surface area contributed by atoms with Gasteiger partial charge >= 0.3 is 0 Å². The number of rotatable bonds is 4. The Morgan fingerprint density at radius 1 is 0.383 bits per heavy atom. The van der Waals surface area contributed by atoms with Crippen molar-refractivity contribution < 1.29 is 0 Å². The zero-order chi connectivity index (χ0) is 30.9. The fraction of sp³-hybridized carbons (Fsp3) is 0. The summed E-state index contributed by atoms with van der Waals surface area (Å²) in [7, 11) is 0. The summed E-state index contributed by atoms with van der Waals surface area (Å²) in [5, 5.41) is 6.11. The van der Waals surface area contributed by atoms with E-state index in [1.54, 1.807) is 0 Å². The Morgan fingerprint density at radius 3 is 1.83 bits per heavy atom. The molecule has 0 saturated carbocycles. The molecule has 10 rings (SSSR count). The Morgan fingerprint density at radius 2 is 1.06 bits per heavy atom. The van der Waals surface area contributed by atoms with Gasteiger partial charge in [0, 0.05) is 56.3 Å². The van der Waals surface area contributed by atoms with Crippen molar-refractivity contribution in [1.82, 2.24) is 18.7 Å². The molecule has 4 aromatic heterocycles. The molecule has 0 unspecified atom stereocenters. The van der Waals surface area contributed by atoms with E-state index in [1.807, 2.05) is 12.3 Å². The maximum Gasteiger partial charge on any atom is 0.137 e. The lowest BCUT2D eigenvalue weighted by molar-refractivity contribution is 1.08. The highest BCUT2D eigenvalue weighted by atomic mass is 15.1. The van der Waals surface area contributed by atoms with E-state index in [0.29, 0.717) is 0 Å². The number of aromatic nitrogens is 4. The van der Waals surface area contributed by atoms with Gasteiger partial charge in [-0.15, -0.1) is 0 Å². The largest absolute Gasteiger partial charge is 0.316 e. The molecule has 4 nitrogen and oxygen atoms in total. The zero-order valence-electron chi connectivity index (χ0n) is 25.5. The van der Waals surface area contributed by atoms with Crippen molar-refractivity contribution in [1.29, 1.82) is 0 Å². The predicted octanol–water partition coefficient (Wildman–Crippen LogP) is 10.9. The van der Waals surface area contributed by atoms with Crippen LogP contribution in [0, 0.1) is 0 Å². The second-order valence-electron chi connectivity index (χ2n) is 12.1. The van der Waals surface area contributed by atoms with Crippen LogP contribution in [0.3, 0.4) is 0 Å². The third-order valence-electron chi connectivity index (χ3n) is 9.52. The normalized spacial score (nSPS) is 11.8. The van der Waals surface area contributed by atoms with Gasteiger partial charge in [-0.2, -0.15) is 0 Å². The van der Waals surface area contributed by atoms with Crippen LogP contribution in [0.4, 0.5) is 0 Å². The minimum Gasteiger partial charge on any atom is -0.316 e. The standard InChI is InChI=1S/C43H28N4/c1-4-12-29(13-5-1)30-20-23-42(44-28-30)47-41-27-40-36(33-18-10-11-19-39(33)46(40)32-16-8-3-9-17-32)26-37(41)34-21-22-38-35(43(34)47)24-25-45(38)31-14-6-2-7-15-31/h1-28H.